The van der Waals surface area contributed by atoms with Gasteiger partial charge in [0, 0.05) is 11.6 Å². The fourth-order valence-electron chi connectivity index (χ4n) is 1.76. The van der Waals surface area contributed by atoms with E-state index in [4.69, 9.17) is 0 Å². The standard InChI is InChI=1S/C12H12Br3NO3S/c13-12(14,15)20(18,19)10-6-1-3-8(7-10)11(17)16-9-4-2-5-9/h1,3,6-7,9H,2,4-5H2,(H,16,17). The average Bonchev–Trinajstić information content (AvgIpc) is 2.32. The number of carbonyl (C=O) groups excluding carboxylic acids is 1. The topological polar surface area (TPSA) is 63.2 Å². The molecule has 4 nitrogen and oxygen atoms in total. The molecule has 0 aliphatic heterocycles. The predicted octanol–water partition coefficient (Wildman–Crippen LogP) is 3.54. The summed E-state index contributed by atoms with van der Waals surface area (Å²) in [5.74, 6) is -0.240. The summed E-state index contributed by atoms with van der Waals surface area (Å²) in [4.78, 5) is 12.1. The maximum atomic E-state index is 12.2. The molecule has 0 saturated heterocycles. The number of carbonyl (C=O) groups is 1. The number of halogens is 3. The second kappa shape index (κ2) is 6.06. The first kappa shape index (κ1) is 16.5. The van der Waals surface area contributed by atoms with Crippen molar-refractivity contribution >= 4 is 63.5 Å². The second-order valence-corrected chi connectivity index (χ2v) is 15.0. The van der Waals surface area contributed by atoms with Crippen molar-refractivity contribution in [1.29, 1.82) is 0 Å². The second-order valence-electron chi connectivity index (χ2n) is 4.58. The van der Waals surface area contributed by atoms with Crippen LogP contribution < -0.4 is 5.32 Å². The van der Waals surface area contributed by atoms with Gasteiger partial charge in [-0.3, -0.25) is 4.79 Å². The van der Waals surface area contributed by atoms with Gasteiger partial charge in [0.2, 0.25) is 11.3 Å². The Kier molecular flexibility index (Phi) is 4.98. The van der Waals surface area contributed by atoms with Crippen LogP contribution in [0.3, 0.4) is 0 Å². The lowest BCUT2D eigenvalue weighted by molar-refractivity contribution is 0.0917. The SMILES string of the molecule is O=C(NC1CCC1)c1cccc(S(=O)(=O)C(Br)(Br)Br)c1. The minimum atomic E-state index is -3.68. The molecule has 0 heterocycles. The Hall–Kier alpha value is 0.0800. The summed E-state index contributed by atoms with van der Waals surface area (Å²) in [5, 5.41) is 2.88. The van der Waals surface area contributed by atoms with Crippen molar-refractivity contribution in [3.05, 3.63) is 29.8 Å². The van der Waals surface area contributed by atoms with Crippen molar-refractivity contribution < 1.29 is 13.2 Å². The molecule has 20 heavy (non-hydrogen) atoms. The van der Waals surface area contributed by atoms with E-state index in [2.05, 4.69) is 53.1 Å². The molecule has 0 bridgehead atoms. The van der Waals surface area contributed by atoms with E-state index in [1.165, 1.54) is 12.1 Å². The number of alkyl halides is 3. The quantitative estimate of drug-likeness (QED) is 0.661. The molecular formula is C12H12Br3NO3S. The summed E-state index contributed by atoms with van der Waals surface area (Å²) in [7, 11) is -3.68. The molecule has 0 aromatic heterocycles. The van der Waals surface area contributed by atoms with Crippen LogP contribution in [-0.4, -0.2) is 21.8 Å². The zero-order valence-corrected chi connectivity index (χ0v) is 15.8. The van der Waals surface area contributed by atoms with Crippen LogP contribution in [0, 0.1) is 0 Å². The number of hydrogen-bond donors (Lipinski definition) is 1. The molecule has 1 aromatic carbocycles. The normalized spacial score (nSPS) is 16.6. The third kappa shape index (κ3) is 3.45. The minimum absolute atomic E-state index is 0.0596. The van der Waals surface area contributed by atoms with Gasteiger partial charge in [-0.1, -0.05) is 6.07 Å². The van der Waals surface area contributed by atoms with E-state index in [0.717, 1.165) is 19.3 Å². The van der Waals surface area contributed by atoms with Crippen LogP contribution in [0.15, 0.2) is 29.2 Å². The summed E-state index contributed by atoms with van der Waals surface area (Å²) in [6.07, 6.45) is 3.09. The smallest absolute Gasteiger partial charge is 0.251 e. The monoisotopic (exact) mass is 487 g/mol. The van der Waals surface area contributed by atoms with E-state index in [-0.39, 0.29) is 16.8 Å². The molecule has 0 spiro atoms. The largest absolute Gasteiger partial charge is 0.349 e. The van der Waals surface area contributed by atoms with Gasteiger partial charge in [0.15, 0.2) is 0 Å². The third-order valence-electron chi connectivity index (χ3n) is 3.15. The third-order valence-corrected chi connectivity index (χ3v) is 8.47. The Labute approximate surface area is 143 Å². The van der Waals surface area contributed by atoms with Crippen molar-refractivity contribution in [3.8, 4) is 0 Å². The zero-order chi connectivity index (χ0) is 15.0. The fraction of sp³-hybridized carbons (Fsp3) is 0.417. The minimum Gasteiger partial charge on any atom is -0.349 e. The van der Waals surface area contributed by atoms with E-state index in [0.29, 0.717) is 5.56 Å². The molecule has 2 rings (SSSR count). The van der Waals surface area contributed by atoms with Crippen LogP contribution in [0.4, 0.5) is 0 Å². The molecule has 0 radical (unpaired) electrons. The number of amides is 1. The van der Waals surface area contributed by atoms with Gasteiger partial charge in [-0.05, 0) is 85.3 Å². The molecule has 0 atom stereocenters. The molecule has 8 heteroatoms. The van der Waals surface area contributed by atoms with E-state index in [1.807, 2.05) is 0 Å². The van der Waals surface area contributed by atoms with E-state index < -0.39 is 11.3 Å². The Bertz CT molecular complexity index is 621. The molecule has 1 aliphatic rings. The highest BCUT2D eigenvalue weighted by Crippen LogP contribution is 2.43. The number of sulfone groups is 1. The van der Waals surface area contributed by atoms with Crippen molar-refractivity contribution in [2.75, 3.05) is 0 Å². The zero-order valence-electron chi connectivity index (χ0n) is 10.3. The van der Waals surface area contributed by atoms with Crippen molar-refractivity contribution in [3.63, 3.8) is 0 Å². The number of benzene rings is 1. The van der Waals surface area contributed by atoms with Gasteiger partial charge in [0.25, 0.3) is 5.91 Å². The number of nitrogens with one attached hydrogen (secondary N) is 1. The lowest BCUT2D eigenvalue weighted by Gasteiger charge is -2.26. The summed E-state index contributed by atoms with van der Waals surface area (Å²) in [5.41, 5.74) is 0.342. The lowest BCUT2D eigenvalue weighted by Crippen LogP contribution is -2.39. The Balaban J connectivity index is 2.26. The van der Waals surface area contributed by atoms with E-state index in [9.17, 15) is 13.2 Å². The Morgan fingerprint density at radius 1 is 1.25 bits per heavy atom. The molecule has 0 unspecified atom stereocenters. The van der Waals surface area contributed by atoms with Gasteiger partial charge in [-0.15, -0.1) is 0 Å². The highest BCUT2D eigenvalue weighted by molar-refractivity contribution is 9.42. The Morgan fingerprint density at radius 2 is 1.90 bits per heavy atom. The molecule has 1 N–H and O–H groups in total. The molecule has 1 aliphatic carbocycles. The number of hydrogen-bond acceptors (Lipinski definition) is 3. The van der Waals surface area contributed by atoms with Gasteiger partial charge in [-0.25, -0.2) is 8.42 Å². The number of rotatable bonds is 3. The molecule has 1 amide bonds. The molecule has 1 fully saturated rings. The summed E-state index contributed by atoms with van der Waals surface area (Å²) in [6.45, 7) is 0. The lowest BCUT2D eigenvalue weighted by atomic mass is 9.93. The predicted molar refractivity (Wildman–Crippen MR) is 88.2 cm³/mol. The highest BCUT2D eigenvalue weighted by Gasteiger charge is 2.37. The maximum Gasteiger partial charge on any atom is 0.251 e. The Morgan fingerprint density at radius 3 is 2.40 bits per heavy atom. The first-order valence-corrected chi connectivity index (χ1v) is 9.80. The van der Waals surface area contributed by atoms with Gasteiger partial charge in [0.1, 0.15) is 0 Å². The first-order valence-electron chi connectivity index (χ1n) is 5.94. The molecular weight excluding hydrogens is 478 g/mol. The maximum absolute atomic E-state index is 12.2. The fourth-order valence-corrected chi connectivity index (χ4v) is 4.25. The van der Waals surface area contributed by atoms with Crippen molar-refractivity contribution in [2.45, 2.75) is 31.7 Å². The van der Waals surface area contributed by atoms with Crippen LogP contribution in [0.1, 0.15) is 29.6 Å². The van der Waals surface area contributed by atoms with E-state index >= 15 is 0 Å². The van der Waals surface area contributed by atoms with Crippen molar-refractivity contribution in [1.82, 2.24) is 5.32 Å². The van der Waals surface area contributed by atoms with Crippen LogP contribution in [0.25, 0.3) is 0 Å². The van der Waals surface area contributed by atoms with Gasteiger partial charge >= 0.3 is 0 Å². The summed E-state index contributed by atoms with van der Waals surface area (Å²) in [6, 6.07) is 6.20. The van der Waals surface area contributed by atoms with Gasteiger partial charge in [0.05, 0.1) is 4.90 Å². The van der Waals surface area contributed by atoms with Crippen molar-refractivity contribution in [2.24, 2.45) is 0 Å². The van der Waals surface area contributed by atoms with Crippen LogP contribution in [-0.2, 0) is 9.84 Å². The van der Waals surface area contributed by atoms with Crippen LogP contribution in [0.5, 0.6) is 0 Å². The highest BCUT2D eigenvalue weighted by atomic mass is 80.0. The summed E-state index contributed by atoms with van der Waals surface area (Å²) >= 11 is 9.01. The van der Waals surface area contributed by atoms with Crippen LogP contribution in [0.2, 0.25) is 0 Å². The molecule has 1 saturated carbocycles. The molecule has 1 aromatic rings. The van der Waals surface area contributed by atoms with Gasteiger partial charge in [-0.2, -0.15) is 0 Å². The molecule has 110 valence electrons. The average molecular weight is 490 g/mol. The van der Waals surface area contributed by atoms with Crippen LogP contribution >= 0.6 is 47.8 Å². The van der Waals surface area contributed by atoms with Gasteiger partial charge < -0.3 is 5.32 Å². The first-order chi connectivity index (χ1) is 9.22. The summed E-state index contributed by atoms with van der Waals surface area (Å²) < 4.78 is 23.1. The van der Waals surface area contributed by atoms with E-state index in [1.54, 1.807) is 12.1 Å².